The van der Waals surface area contributed by atoms with E-state index in [1.54, 1.807) is 11.8 Å². The standard InChI is InChI=1S/C24H32N2O2/c1-17-12-13-18(2)21(14-17)15-22(27)26(16-20-10-8-7-9-11-20)19(3)23(28)25-24(4,5)6/h7-14,19H,15-16H2,1-6H3,(H,25,28). The Morgan fingerprint density at radius 2 is 1.68 bits per heavy atom. The van der Waals surface area contributed by atoms with E-state index in [-0.39, 0.29) is 23.8 Å². The van der Waals surface area contributed by atoms with E-state index in [1.807, 2.05) is 83.1 Å². The third-order valence-corrected chi connectivity index (χ3v) is 4.71. The highest BCUT2D eigenvalue weighted by atomic mass is 16.2. The van der Waals surface area contributed by atoms with E-state index in [4.69, 9.17) is 0 Å². The van der Waals surface area contributed by atoms with Crippen molar-refractivity contribution in [3.8, 4) is 0 Å². The van der Waals surface area contributed by atoms with Crippen LogP contribution < -0.4 is 5.32 Å². The van der Waals surface area contributed by atoms with E-state index in [0.29, 0.717) is 6.54 Å². The molecular weight excluding hydrogens is 348 g/mol. The van der Waals surface area contributed by atoms with Crippen molar-refractivity contribution in [2.24, 2.45) is 0 Å². The molecule has 1 unspecified atom stereocenters. The maximum absolute atomic E-state index is 13.2. The van der Waals surface area contributed by atoms with E-state index in [0.717, 1.165) is 22.3 Å². The first-order chi connectivity index (χ1) is 13.1. The van der Waals surface area contributed by atoms with Gasteiger partial charge in [-0.1, -0.05) is 54.1 Å². The third kappa shape index (κ3) is 6.22. The average molecular weight is 381 g/mol. The Kier molecular flexibility index (Phi) is 7.00. The maximum Gasteiger partial charge on any atom is 0.242 e. The lowest BCUT2D eigenvalue weighted by Gasteiger charge is -2.31. The van der Waals surface area contributed by atoms with Crippen molar-refractivity contribution < 1.29 is 9.59 Å². The Morgan fingerprint density at radius 1 is 1.04 bits per heavy atom. The molecule has 0 radical (unpaired) electrons. The van der Waals surface area contributed by atoms with Crippen molar-refractivity contribution in [2.75, 3.05) is 0 Å². The number of carbonyl (C=O) groups is 2. The Labute approximate surface area is 169 Å². The zero-order valence-electron chi connectivity index (χ0n) is 17.9. The molecule has 0 aliphatic carbocycles. The second kappa shape index (κ2) is 9.05. The number of rotatable bonds is 6. The summed E-state index contributed by atoms with van der Waals surface area (Å²) < 4.78 is 0. The Hall–Kier alpha value is -2.62. The van der Waals surface area contributed by atoms with Crippen LogP contribution in [0, 0.1) is 13.8 Å². The molecule has 2 amide bonds. The molecule has 150 valence electrons. The van der Waals surface area contributed by atoms with Crippen LogP contribution in [0.15, 0.2) is 48.5 Å². The van der Waals surface area contributed by atoms with E-state index >= 15 is 0 Å². The SMILES string of the molecule is Cc1ccc(C)c(CC(=O)N(Cc2ccccc2)C(C)C(=O)NC(C)(C)C)c1. The van der Waals surface area contributed by atoms with Gasteiger partial charge in [0, 0.05) is 12.1 Å². The quantitative estimate of drug-likeness (QED) is 0.817. The molecule has 0 spiro atoms. The lowest BCUT2D eigenvalue weighted by molar-refractivity contribution is -0.140. The summed E-state index contributed by atoms with van der Waals surface area (Å²) in [6.07, 6.45) is 0.285. The van der Waals surface area contributed by atoms with Crippen LogP contribution in [-0.2, 0) is 22.6 Å². The topological polar surface area (TPSA) is 49.4 Å². The summed E-state index contributed by atoms with van der Waals surface area (Å²) in [5.74, 6) is -0.188. The second-order valence-corrected chi connectivity index (χ2v) is 8.53. The number of nitrogens with zero attached hydrogens (tertiary/aromatic N) is 1. The van der Waals surface area contributed by atoms with Gasteiger partial charge in [-0.15, -0.1) is 0 Å². The van der Waals surface area contributed by atoms with Crippen LogP contribution in [0.1, 0.15) is 49.9 Å². The molecule has 4 nitrogen and oxygen atoms in total. The van der Waals surface area contributed by atoms with Gasteiger partial charge in [0.25, 0.3) is 0 Å². The Balaban J connectivity index is 2.27. The van der Waals surface area contributed by atoms with Crippen LogP contribution in [0.5, 0.6) is 0 Å². The van der Waals surface area contributed by atoms with Crippen molar-refractivity contribution in [2.45, 2.75) is 66.1 Å². The van der Waals surface area contributed by atoms with Crippen molar-refractivity contribution >= 4 is 11.8 Å². The molecule has 1 atom stereocenters. The first-order valence-corrected chi connectivity index (χ1v) is 9.78. The number of hydrogen-bond acceptors (Lipinski definition) is 2. The van der Waals surface area contributed by atoms with Crippen LogP contribution >= 0.6 is 0 Å². The summed E-state index contributed by atoms with van der Waals surface area (Å²) >= 11 is 0. The number of benzene rings is 2. The highest BCUT2D eigenvalue weighted by Gasteiger charge is 2.28. The minimum Gasteiger partial charge on any atom is -0.350 e. The Bertz CT molecular complexity index is 822. The average Bonchev–Trinajstić information content (AvgIpc) is 2.61. The van der Waals surface area contributed by atoms with Crippen LogP contribution in [0.4, 0.5) is 0 Å². The molecule has 0 aliphatic heterocycles. The van der Waals surface area contributed by atoms with Crippen LogP contribution in [-0.4, -0.2) is 28.3 Å². The predicted octanol–water partition coefficient (Wildman–Crippen LogP) is 4.18. The molecule has 28 heavy (non-hydrogen) atoms. The first-order valence-electron chi connectivity index (χ1n) is 9.78. The summed E-state index contributed by atoms with van der Waals surface area (Å²) in [6.45, 7) is 12.1. The number of carbonyl (C=O) groups excluding carboxylic acids is 2. The minimum absolute atomic E-state index is 0.0471. The fourth-order valence-electron chi connectivity index (χ4n) is 3.09. The number of nitrogens with one attached hydrogen (secondary N) is 1. The fraction of sp³-hybridized carbons (Fsp3) is 0.417. The summed E-state index contributed by atoms with van der Waals surface area (Å²) in [4.78, 5) is 27.7. The lowest BCUT2D eigenvalue weighted by Crippen LogP contribution is -2.52. The van der Waals surface area contributed by atoms with Crippen molar-refractivity contribution in [3.05, 3.63) is 70.8 Å². The van der Waals surface area contributed by atoms with Gasteiger partial charge in [-0.05, 0) is 58.2 Å². The molecule has 0 fully saturated rings. The molecule has 2 aromatic rings. The van der Waals surface area contributed by atoms with Gasteiger partial charge in [0.15, 0.2) is 0 Å². The molecule has 0 aromatic heterocycles. The van der Waals surface area contributed by atoms with Crippen molar-refractivity contribution in [1.82, 2.24) is 10.2 Å². The zero-order valence-corrected chi connectivity index (χ0v) is 17.9. The number of aryl methyl sites for hydroxylation is 2. The molecule has 4 heteroatoms. The molecule has 0 heterocycles. The molecule has 0 aliphatic rings. The zero-order chi connectivity index (χ0) is 20.9. The first kappa shape index (κ1) is 21.7. The van der Waals surface area contributed by atoms with E-state index < -0.39 is 6.04 Å². The predicted molar refractivity (Wildman–Crippen MR) is 114 cm³/mol. The number of amides is 2. The normalized spacial score (nSPS) is 12.4. The van der Waals surface area contributed by atoms with Gasteiger partial charge in [0.2, 0.25) is 11.8 Å². The highest BCUT2D eigenvalue weighted by molar-refractivity contribution is 5.88. The lowest BCUT2D eigenvalue weighted by atomic mass is 10.0. The van der Waals surface area contributed by atoms with Gasteiger partial charge in [-0.25, -0.2) is 0 Å². The molecule has 0 bridgehead atoms. The summed E-state index contributed by atoms with van der Waals surface area (Å²) in [5.41, 5.74) is 3.88. The van der Waals surface area contributed by atoms with Crippen LogP contribution in [0.2, 0.25) is 0 Å². The summed E-state index contributed by atoms with van der Waals surface area (Å²) in [7, 11) is 0. The van der Waals surface area contributed by atoms with Gasteiger partial charge < -0.3 is 10.2 Å². The third-order valence-electron chi connectivity index (χ3n) is 4.71. The van der Waals surface area contributed by atoms with E-state index in [9.17, 15) is 9.59 Å². The number of hydrogen-bond donors (Lipinski definition) is 1. The van der Waals surface area contributed by atoms with Gasteiger partial charge >= 0.3 is 0 Å². The van der Waals surface area contributed by atoms with Crippen molar-refractivity contribution in [1.29, 1.82) is 0 Å². The van der Waals surface area contributed by atoms with E-state index in [1.165, 1.54) is 0 Å². The van der Waals surface area contributed by atoms with Gasteiger partial charge in [0.05, 0.1) is 6.42 Å². The van der Waals surface area contributed by atoms with Crippen LogP contribution in [0.3, 0.4) is 0 Å². The summed E-state index contributed by atoms with van der Waals surface area (Å²) in [5, 5.41) is 2.99. The van der Waals surface area contributed by atoms with Crippen LogP contribution in [0.25, 0.3) is 0 Å². The summed E-state index contributed by atoms with van der Waals surface area (Å²) in [6, 6.07) is 15.4. The molecule has 1 N–H and O–H groups in total. The largest absolute Gasteiger partial charge is 0.350 e. The molecule has 0 saturated heterocycles. The molecule has 0 saturated carbocycles. The van der Waals surface area contributed by atoms with Gasteiger partial charge in [-0.2, -0.15) is 0 Å². The second-order valence-electron chi connectivity index (χ2n) is 8.53. The van der Waals surface area contributed by atoms with Crippen molar-refractivity contribution in [3.63, 3.8) is 0 Å². The van der Waals surface area contributed by atoms with Gasteiger partial charge in [0.1, 0.15) is 6.04 Å². The van der Waals surface area contributed by atoms with E-state index in [2.05, 4.69) is 5.32 Å². The molecule has 2 rings (SSSR count). The van der Waals surface area contributed by atoms with Gasteiger partial charge in [-0.3, -0.25) is 9.59 Å². The molecular formula is C24H32N2O2. The maximum atomic E-state index is 13.2. The fourth-order valence-corrected chi connectivity index (χ4v) is 3.09. The minimum atomic E-state index is -0.558. The molecule has 2 aromatic carbocycles. The smallest absolute Gasteiger partial charge is 0.242 e. The highest BCUT2D eigenvalue weighted by Crippen LogP contribution is 2.16. The monoisotopic (exact) mass is 380 g/mol. The Morgan fingerprint density at radius 3 is 2.29 bits per heavy atom.